The van der Waals surface area contributed by atoms with Gasteiger partial charge in [0, 0.05) is 32.1 Å². The van der Waals surface area contributed by atoms with Gasteiger partial charge >= 0.3 is 6.03 Å². The maximum atomic E-state index is 13.2. The summed E-state index contributed by atoms with van der Waals surface area (Å²) in [6.45, 7) is 1.82. The number of nitrogens with one attached hydrogen (secondary N) is 2. The zero-order valence-corrected chi connectivity index (χ0v) is 13.3. The van der Waals surface area contributed by atoms with E-state index in [0.717, 1.165) is 18.4 Å². The second-order valence-electron chi connectivity index (χ2n) is 5.78. The summed E-state index contributed by atoms with van der Waals surface area (Å²) in [4.78, 5) is 16.2. The van der Waals surface area contributed by atoms with Gasteiger partial charge in [-0.3, -0.25) is 0 Å². The van der Waals surface area contributed by atoms with Crippen molar-refractivity contribution in [3.8, 4) is 0 Å². The van der Waals surface area contributed by atoms with Crippen LogP contribution in [0.1, 0.15) is 24.4 Å². The molecule has 0 bridgehead atoms. The zero-order chi connectivity index (χ0) is 16.8. The Balaban J connectivity index is 1.58. The number of nitrogens with zero attached hydrogens (tertiary/aromatic N) is 2. The number of carbonyl (C=O) groups is 1. The molecule has 0 aliphatic carbocycles. The Morgan fingerprint density at radius 3 is 2.92 bits per heavy atom. The van der Waals surface area contributed by atoms with Crippen LogP contribution in [-0.4, -0.2) is 34.8 Å². The fourth-order valence-corrected chi connectivity index (χ4v) is 2.84. The number of urea groups is 1. The van der Waals surface area contributed by atoms with Gasteiger partial charge in [-0.1, -0.05) is 12.1 Å². The van der Waals surface area contributed by atoms with Crippen LogP contribution in [0.3, 0.4) is 0 Å². The third-order valence-corrected chi connectivity index (χ3v) is 4.07. The second kappa shape index (κ2) is 7.92. The van der Waals surface area contributed by atoms with Crippen molar-refractivity contribution < 1.29 is 13.9 Å². The topological polar surface area (TPSA) is 68.2 Å². The molecule has 1 saturated heterocycles. The first-order valence-electron chi connectivity index (χ1n) is 8.09. The largest absolute Gasteiger partial charge is 0.376 e. The minimum absolute atomic E-state index is 0.0881. The van der Waals surface area contributed by atoms with E-state index in [9.17, 15) is 9.18 Å². The first kappa shape index (κ1) is 16.4. The molecule has 1 aliphatic rings. The smallest absolute Gasteiger partial charge is 0.315 e. The molecule has 0 radical (unpaired) electrons. The summed E-state index contributed by atoms with van der Waals surface area (Å²) in [7, 11) is 0. The monoisotopic (exact) mass is 332 g/mol. The first-order valence-corrected chi connectivity index (χ1v) is 8.09. The van der Waals surface area contributed by atoms with E-state index in [-0.39, 0.29) is 24.0 Å². The molecule has 1 fully saturated rings. The fraction of sp³-hybridized carbons (Fsp3) is 0.412. The van der Waals surface area contributed by atoms with E-state index in [4.69, 9.17) is 4.74 Å². The highest BCUT2D eigenvalue weighted by Crippen LogP contribution is 2.27. The van der Waals surface area contributed by atoms with Crippen LogP contribution in [-0.2, 0) is 11.3 Å². The molecule has 1 aromatic heterocycles. The Morgan fingerprint density at radius 2 is 2.25 bits per heavy atom. The lowest BCUT2D eigenvalue weighted by atomic mass is 9.99. The average Bonchev–Trinajstić information content (AvgIpc) is 3.27. The van der Waals surface area contributed by atoms with Gasteiger partial charge in [-0.05, 0) is 30.5 Å². The number of amides is 2. The highest BCUT2D eigenvalue weighted by atomic mass is 19.1. The number of aromatic nitrogens is 2. The van der Waals surface area contributed by atoms with Crippen LogP contribution in [0.2, 0.25) is 0 Å². The molecule has 2 amide bonds. The summed E-state index contributed by atoms with van der Waals surface area (Å²) in [5.74, 6) is -0.297. The zero-order valence-electron chi connectivity index (χ0n) is 13.3. The van der Waals surface area contributed by atoms with Gasteiger partial charge in [0.2, 0.25) is 0 Å². The quantitative estimate of drug-likeness (QED) is 0.852. The van der Waals surface area contributed by atoms with Crippen molar-refractivity contribution in [2.45, 2.75) is 31.5 Å². The summed E-state index contributed by atoms with van der Waals surface area (Å²) in [5, 5.41) is 5.78. The Kier molecular flexibility index (Phi) is 5.43. The molecule has 1 aliphatic heterocycles. The lowest BCUT2D eigenvalue weighted by Gasteiger charge is -2.25. The normalized spacial score (nSPS) is 18.3. The minimum atomic E-state index is -0.297. The van der Waals surface area contributed by atoms with Crippen molar-refractivity contribution in [2.24, 2.45) is 0 Å². The molecule has 3 rings (SSSR count). The Morgan fingerprint density at radius 1 is 1.42 bits per heavy atom. The number of hydrogen-bond acceptors (Lipinski definition) is 3. The molecule has 1 aromatic carbocycles. The van der Waals surface area contributed by atoms with Crippen LogP contribution in [0, 0.1) is 5.82 Å². The SMILES string of the molecule is O=C(NCCn1ccnc1)N[C@@H](c1ccc(F)cc1)[C@H]1CCCO1. The van der Waals surface area contributed by atoms with E-state index in [1.54, 1.807) is 24.7 Å². The number of halogens is 1. The molecular formula is C17H21FN4O2. The van der Waals surface area contributed by atoms with Gasteiger partial charge in [-0.2, -0.15) is 0 Å². The predicted molar refractivity (Wildman–Crippen MR) is 86.9 cm³/mol. The summed E-state index contributed by atoms with van der Waals surface area (Å²) in [5.41, 5.74) is 0.841. The van der Waals surface area contributed by atoms with Crippen LogP contribution in [0.4, 0.5) is 9.18 Å². The van der Waals surface area contributed by atoms with Gasteiger partial charge in [-0.25, -0.2) is 14.2 Å². The van der Waals surface area contributed by atoms with Crippen molar-refractivity contribution in [1.82, 2.24) is 20.2 Å². The van der Waals surface area contributed by atoms with Crippen LogP contribution in [0.25, 0.3) is 0 Å². The van der Waals surface area contributed by atoms with Crippen LogP contribution < -0.4 is 10.6 Å². The van der Waals surface area contributed by atoms with Crippen LogP contribution in [0.5, 0.6) is 0 Å². The van der Waals surface area contributed by atoms with Crippen LogP contribution >= 0.6 is 0 Å². The van der Waals surface area contributed by atoms with E-state index < -0.39 is 0 Å². The van der Waals surface area contributed by atoms with Gasteiger partial charge in [0.05, 0.1) is 18.5 Å². The molecule has 128 valence electrons. The highest BCUT2D eigenvalue weighted by molar-refractivity contribution is 5.74. The van der Waals surface area contributed by atoms with E-state index in [1.807, 2.05) is 10.8 Å². The second-order valence-corrected chi connectivity index (χ2v) is 5.78. The molecule has 2 N–H and O–H groups in total. The van der Waals surface area contributed by atoms with Gasteiger partial charge in [0.1, 0.15) is 5.82 Å². The summed E-state index contributed by atoms with van der Waals surface area (Å²) < 4.78 is 20.8. The number of ether oxygens (including phenoxy) is 1. The summed E-state index contributed by atoms with van der Waals surface area (Å²) >= 11 is 0. The first-order chi connectivity index (χ1) is 11.7. The Bertz CT molecular complexity index is 639. The summed E-state index contributed by atoms with van der Waals surface area (Å²) in [6, 6.07) is 5.62. The molecule has 7 heteroatoms. The van der Waals surface area contributed by atoms with Gasteiger partial charge in [-0.15, -0.1) is 0 Å². The maximum Gasteiger partial charge on any atom is 0.315 e. The average molecular weight is 332 g/mol. The lowest BCUT2D eigenvalue weighted by molar-refractivity contribution is 0.0807. The third-order valence-electron chi connectivity index (χ3n) is 4.07. The van der Waals surface area contributed by atoms with Crippen molar-refractivity contribution in [2.75, 3.05) is 13.2 Å². The third kappa shape index (κ3) is 4.32. The molecule has 0 saturated carbocycles. The van der Waals surface area contributed by atoms with Crippen molar-refractivity contribution in [3.05, 3.63) is 54.4 Å². The standard InChI is InChI=1S/C17H21FN4O2/c18-14-5-3-13(4-6-14)16(15-2-1-11-24-15)21-17(23)20-8-10-22-9-7-19-12-22/h3-7,9,12,15-16H,1-2,8,10-11H2,(H2,20,21,23)/t15-,16+/m1/s1. The van der Waals surface area contributed by atoms with Gasteiger partial charge in [0.25, 0.3) is 0 Å². The molecule has 2 aromatic rings. The van der Waals surface area contributed by atoms with E-state index in [2.05, 4.69) is 15.6 Å². The highest BCUT2D eigenvalue weighted by Gasteiger charge is 2.28. The molecule has 0 spiro atoms. The molecular weight excluding hydrogens is 311 g/mol. The number of benzene rings is 1. The van der Waals surface area contributed by atoms with Crippen molar-refractivity contribution in [1.29, 1.82) is 0 Å². The van der Waals surface area contributed by atoms with Gasteiger partial charge < -0.3 is 19.9 Å². The lowest BCUT2D eigenvalue weighted by Crippen LogP contribution is -2.43. The van der Waals surface area contributed by atoms with Gasteiger partial charge in [0.15, 0.2) is 0 Å². The Hall–Kier alpha value is -2.41. The Labute approximate surface area is 140 Å². The molecule has 24 heavy (non-hydrogen) atoms. The number of imidazole rings is 1. The molecule has 0 unspecified atom stereocenters. The number of carbonyl (C=O) groups excluding carboxylic acids is 1. The minimum Gasteiger partial charge on any atom is -0.376 e. The predicted octanol–water partition coefficient (Wildman–Crippen LogP) is 2.24. The van der Waals surface area contributed by atoms with E-state index in [1.165, 1.54) is 12.1 Å². The van der Waals surface area contributed by atoms with Crippen LogP contribution in [0.15, 0.2) is 43.0 Å². The fourth-order valence-electron chi connectivity index (χ4n) is 2.84. The van der Waals surface area contributed by atoms with Crippen molar-refractivity contribution in [3.63, 3.8) is 0 Å². The van der Waals surface area contributed by atoms with E-state index in [0.29, 0.717) is 19.7 Å². The molecule has 2 heterocycles. The van der Waals surface area contributed by atoms with E-state index >= 15 is 0 Å². The molecule has 2 atom stereocenters. The van der Waals surface area contributed by atoms with Crippen molar-refractivity contribution >= 4 is 6.03 Å². The molecule has 6 nitrogen and oxygen atoms in total. The maximum absolute atomic E-state index is 13.2. The number of rotatable bonds is 6. The number of hydrogen-bond donors (Lipinski definition) is 2. The summed E-state index contributed by atoms with van der Waals surface area (Å²) in [6.07, 6.45) is 6.99.